The first-order valence-corrected chi connectivity index (χ1v) is 13.6. The van der Waals surface area contributed by atoms with E-state index < -0.39 is 17.8 Å². The molecule has 0 bridgehead atoms. The molecule has 2 heterocycles. The molecule has 192 valence electrons. The molecule has 3 amide bonds. The standard InChI is InChI=1S/C30H26FN3O3S/c1-18-6-15-24-26(16-18)38-28(32-24)19-9-13-23(14-10-19)34-27(35)17-25(30(34)37)33(22-4-2-3-5-22)29(36)20-7-11-21(31)12-8-20/h6-16,22,25H,2-5,17H2,1H3. The molecule has 0 N–H and O–H groups in total. The number of aryl methyl sites for hydroxylation is 1. The van der Waals surface area contributed by atoms with Crippen LogP contribution in [-0.2, 0) is 9.59 Å². The summed E-state index contributed by atoms with van der Waals surface area (Å²) >= 11 is 1.60. The Labute approximate surface area is 223 Å². The fourth-order valence-electron chi connectivity index (χ4n) is 5.50. The summed E-state index contributed by atoms with van der Waals surface area (Å²) in [5.41, 5.74) is 3.80. The van der Waals surface area contributed by atoms with Crippen LogP contribution in [0.5, 0.6) is 0 Å². The monoisotopic (exact) mass is 527 g/mol. The van der Waals surface area contributed by atoms with Gasteiger partial charge in [-0.1, -0.05) is 18.9 Å². The fraction of sp³-hybridized carbons (Fsp3) is 0.267. The fourth-order valence-corrected chi connectivity index (χ4v) is 6.57. The van der Waals surface area contributed by atoms with Crippen molar-refractivity contribution < 1.29 is 18.8 Å². The van der Waals surface area contributed by atoms with E-state index in [1.54, 1.807) is 28.4 Å². The third kappa shape index (κ3) is 4.39. The van der Waals surface area contributed by atoms with Crippen LogP contribution in [0, 0.1) is 12.7 Å². The van der Waals surface area contributed by atoms with Crippen molar-refractivity contribution in [1.29, 1.82) is 0 Å². The molecule has 0 radical (unpaired) electrons. The molecule has 1 saturated carbocycles. The van der Waals surface area contributed by atoms with Crippen LogP contribution < -0.4 is 4.90 Å². The van der Waals surface area contributed by atoms with Gasteiger partial charge in [0, 0.05) is 17.2 Å². The molecule has 38 heavy (non-hydrogen) atoms. The van der Waals surface area contributed by atoms with Crippen LogP contribution >= 0.6 is 11.3 Å². The molecule has 8 heteroatoms. The van der Waals surface area contributed by atoms with Crippen molar-refractivity contribution in [3.05, 3.63) is 83.7 Å². The highest BCUT2D eigenvalue weighted by atomic mass is 32.1. The SMILES string of the molecule is Cc1ccc2nc(-c3ccc(N4C(=O)CC(N(C(=O)c5ccc(F)cc5)C5CCCC5)C4=O)cc3)sc2c1. The van der Waals surface area contributed by atoms with Gasteiger partial charge in [0.25, 0.3) is 11.8 Å². The van der Waals surface area contributed by atoms with Crippen LogP contribution in [0.1, 0.15) is 48.0 Å². The second kappa shape index (κ2) is 9.76. The topological polar surface area (TPSA) is 70.6 Å². The molecule has 1 aliphatic heterocycles. The highest BCUT2D eigenvalue weighted by molar-refractivity contribution is 7.21. The van der Waals surface area contributed by atoms with Gasteiger partial charge >= 0.3 is 0 Å². The third-order valence-electron chi connectivity index (χ3n) is 7.42. The molecule has 1 unspecified atom stereocenters. The van der Waals surface area contributed by atoms with E-state index >= 15 is 0 Å². The Morgan fingerprint density at radius 3 is 2.42 bits per heavy atom. The quantitative estimate of drug-likeness (QED) is 0.293. The summed E-state index contributed by atoms with van der Waals surface area (Å²) in [6.45, 7) is 2.05. The average Bonchev–Trinajstić information content (AvgIpc) is 3.65. The molecule has 4 aromatic rings. The predicted octanol–water partition coefficient (Wildman–Crippen LogP) is 6.13. The van der Waals surface area contributed by atoms with E-state index in [-0.39, 0.29) is 24.3 Å². The van der Waals surface area contributed by atoms with Gasteiger partial charge in [0.15, 0.2) is 0 Å². The summed E-state index contributed by atoms with van der Waals surface area (Å²) in [6.07, 6.45) is 3.41. The van der Waals surface area contributed by atoms with Gasteiger partial charge in [-0.3, -0.25) is 14.4 Å². The van der Waals surface area contributed by atoms with Crippen LogP contribution in [0.2, 0.25) is 0 Å². The second-order valence-electron chi connectivity index (χ2n) is 9.98. The number of benzene rings is 3. The van der Waals surface area contributed by atoms with Gasteiger partial charge in [0.2, 0.25) is 5.91 Å². The van der Waals surface area contributed by atoms with Gasteiger partial charge in [-0.25, -0.2) is 14.3 Å². The van der Waals surface area contributed by atoms with E-state index in [1.807, 2.05) is 31.2 Å². The smallest absolute Gasteiger partial charge is 0.257 e. The van der Waals surface area contributed by atoms with Crippen molar-refractivity contribution in [1.82, 2.24) is 9.88 Å². The van der Waals surface area contributed by atoms with Crippen molar-refractivity contribution in [3.8, 4) is 10.6 Å². The van der Waals surface area contributed by atoms with Gasteiger partial charge in [0.05, 0.1) is 22.3 Å². The lowest BCUT2D eigenvalue weighted by molar-refractivity contribution is -0.123. The molecule has 6 nitrogen and oxygen atoms in total. The molecule has 3 aromatic carbocycles. The Morgan fingerprint density at radius 1 is 1.00 bits per heavy atom. The summed E-state index contributed by atoms with van der Waals surface area (Å²) in [6, 6.07) is 17.7. The van der Waals surface area contributed by atoms with Crippen LogP contribution in [-0.4, -0.2) is 39.7 Å². The Kier molecular flexibility index (Phi) is 6.27. The molecular formula is C30H26FN3O3S. The van der Waals surface area contributed by atoms with E-state index in [0.717, 1.165) is 46.5 Å². The number of hydrogen-bond acceptors (Lipinski definition) is 5. The van der Waals surface area contributed by atoms with Crippen LogP contribution in [0.15, 0.2) is 66.7 Å². The summed E-state index contributed by atoms with van der Waals surface area (Å²) in [5, 5.41) is 0.867. The molecule has 1 aliphatic carbocycles. The number of carbonyl (C=O) groups excluding carboxylic acids is 3. The molecule has 1 aromatic heterocycles. The number of aromatic nitrogens is 1. The number of imide groups is 1. The van der Waals surface area contributed by atoms with E-state index in [1.165, 1.54) is 34.7 Å². The summed E-state index contributed by atoms with van der Waals surface area (Å²) < 4.78 is 14.6. The van der Waals surface area contributed by atoms with Gasteiger partial charge in [-0.15, -0.1) is 11.3 Å². The number of carbonyl (C=O) groups is 3. The van der Waals surface area contributed by atoms with Gasteiger partial charge < -0.3 is 4.90 Å². The normalized spacial score (nSPS) is 18.1. The minimum atomic E-state index is -0.879. The van der Waals surface area contributed by atoms with Gasteiger partial charge in [-0.05, 0) is 86.0 Å². The van der Waals surface area contributed by atoms with E-state index in [2.05, 4.69) is 6.07 Å². The molecule has 1 atom stereocenters. The summed E-state index contributed by atoms with van der Waals surface area (Å²) in [7, 11) is 0. The number of anilines is 1. The summed E-state index contributed by atoms with van der Waals surface area (Å²) in [4.78, 5) is 47.8. The van der Waals surface area contributed by atoms with Crippen LogP contribution in [0.4, 0.5) is 10.1 Å². The first kappa shape index (κ1) is 24.4. The molecular weight excluding hydrogens is 501 g/mol. The highest BCUT2D eigenvalue weighted by Crippen LogP contribution is 2.35. The lowest BCUT2D eigenvalue weighted by atomic mass is 10.1. The largest absolute Gasteiger partial charge is 0.323 e. The van der Waals surface area contributed by atoms with Crippen molar-refractivity contribution in [2.75, 3.05) is 4.90 Å². The van der Waals surface area contributed by atoms with Crippen LogP contribution in [0.3, 0.4) is 0 Å². The maximum Gasteiger partial charge on any atom is 0.257 e. The average molecular weight is 528 g/mol. The highest BCUT2D eigenvalue weighted by Gasteiger charge is 2.47. The number of thiazole rings is 1. The number of fused-ring (bicyclic) bond motifs is 1. The Balaban J connectivity index is 1.27. The van der Waals surface area contributed by atoms with Crippen molar-refractivity contribution in [2.24, 2.45) is 0 Å². The third-order valence-corrected chi connectivity index (χ3v) is 8.49. The van der Waals surface area contributed by atoms with Crippen LogP contribution in [0.25, 0.3) is 20.8 Å². The lowest BCUT2D eigenvalue weighted by Crippen LogP contribution is -2.50. The van der Waals surface area contributed by atoms with E-state index in [0.29, 0.717) is 11.3 Å². The minimum Gasteiger partial charge on any atom is -0.323 e. The number of amides is 3. The molecule has 0 spiro atoms. The van der Waals surface area contributed by atoms with Crippen molar-refractivity contribution in [3.63, 3.8) is 0 Å². The molecule has 2 aliphatic rings. The lowest BCUT2D eigenvalue weighted by Gasteiger charge is -2.33. The maximum absolute atomic E-state index is 13.6. The van der Waals surface area contributed by atoms with E-state index in [4.69, 9.17) is 4.98 Å². The maximum atomic E-state index is 13.6. The minimum absolute atomic E-state index is 0.0682. The zero-order valence-electron chi connectivity index (χ0n) is 20.9. The molecule has 6 rings (SSSR count). The second-order valence-corrected chi connectivity index (χ2v) is 11.0. The zero-order valence-corrected chi connectivity index (χ0v) is 21.7. The van der Waals surface area contributed by atoms with Crippen molar-refractivity contribution in [2.45, 2.75) is 51.1 Å². The number of halogens is 1. The Bertz CT molecular complexity index is 1540. The Hall–Kier alpha value is -3.91. The summed E-state index contributed by atoms with van der Waals surface area (Å²) in [5.74, 6) is -1.51. The first-order valence-electron chi connectivity index (χ1n) is 12.8. The number of nitrogens with zero attached hydrogens (tertiary/aromatic N) is 3. The molecule has 1 saturated heterocycles. The number of rotatable bonds is 5. The van der Waals surface area contributed by atoms with Gasteiger partial charge in [0.1, 0.15) is 16.9 Å². The molecule has 2 fully saturated rings. The predicted molar refractivity (Wildman–Crippen MR) is 146 cm³/mol. The zero-order chi connectivity index (χ0) is 26.4. The first-order chi connectivity index (χ1) is 18.4. The van der Waals surface area contributed by atoms with Crippen molar-refractivity contribution >= 4 is 45.0 Å². The van der Waals surface area contributed by atoms with Gasteiger partial charge in [-0.2, -0.15) is 0 Å². The Morgan fingerprint density at radius 2 is 1.71 bits per heavy atom. The van der Waals surface area contributed by atoms with E-state index in [9.17, 15) is 18.8 Å². The number of hydrogen-bond donors (Lipinski definition) is 0.